The summed E-state index contributed by atoms with van der Waals surface area (Å²) in [5, 5.41) is 1.89. The first kappa shape index (κ1) is 57.8. The maximum atomic E-state index is 9.11. The van der Waals surface area contributed by atoms with Crippen LogP contribution in [0.15, 0.2) is 237 Å². The average Bonchev–Trinajstić information content (AvgIpc) is 1.58. The zero-order valence-corrected chi connectivity index (χ0v) is 59.2. The minimum absolute atomic E-state index is 0.00759. The van der Waals surface area contributed by atoms with E-state index in [4.69, 9.17) is 17.9 Å². The average molecular weight is 1280 g/mol. The number of benzene rings is 7. The van der Waals surface area contributed by atoms with Gasteiger partial charge < -0.3 is 24.2 Å². The molecule has 14 rings (SSSR count). The molecule has 9 aromatic rings. The third-order valence-electron chi connectivity index (χ3n) is 20.2. The first-order valence-corrected chi connectivity index (χ1v) is 34.4. The molecule has 9 heteroatoms. The Hall–Kier alpha value is -9.46. The van der Waals surface area contributed by atoms with Crippen LogP contribution in [0.3, 0.4) is 0 Å². The summed E-state index contributed by atoms with van der Waals surface area (Å²) in [5.74, 6) is 6.20. The Labute approximate surface area is 586 Å². The third-order valence-corrected chi connectivity index (χ3v) is 20.2. The van der Waals surface area contributed by atoms with Gasteiger partial charge in [-0.2, -0.15) is 0 Å². The Morgan fingerprint density at radius 1 is 0.474 bits per heavy atom. The fourth-order valence-corrected chi connectivity index (χ4v) is 14.7. The Kier molecular flexibility index (Phi) is 14.3. The van der Waals surface area contributed by atoms with Gasteiger partial charge in [-0.25, -0.2) is 4.98 Å². The predicted molar refractivity (Wildman–Crippen MR) is 415 cm³/mol. The zero-order chi connectivity index (χ0) is 73.3. The van der Waals surface area contributed by atoms with E-state index in [0.717, 1.165) is 50.0 Å². The molecule has 0 aliphatic carbocycles. The summed E-state index contributed by atoms with van der Waals surface area (Å²) in [6, 6.07) is 49.7. The highest BCUT2D eigenvalue weighted by molar-refractivity contribution is 6.83. The molecule has 0 spiro atoms. The van der Waals surface area contributed by atoms with E-state index < -0.39 is 19.1 Å². The van der Waals surface area contributed by atoms with E-state index in [1.807, 2.05) is 16.7 Å². The predicted octanol–water partition coefficient (Wildman–Crippen LogP) is 22.3. The van der Waals surface area contributed by atoms with Crippen molar-refractivity contribution in [3.8, 4) is 28.4 Å². The van der Waals surface area contributed by atoms with Crippen LogP contribution in [0.5, 0.6) is 11.5 Å². The second kappa shape index (κ2) is 24.0. The van der Waals surface area contributed by atoms with Crippen molar-refractivity contribution < 1.29 is 13.0 Å². The van der Waals surface area contributed by atoms with Gasteiger partial charge in [0.05, 0.1) is 29.1 Å². The van der Waals surface area contributed by atoms with E-state index in [-0.39, 0.29) is 51.9 Å². The highest BCUT2D eigenvalue weighted by atomic mass is 16.5. The van der Waals surface area contributed by atoms with Gasteiger partial charge in [0, 0.05) is 55.0 Å². The molecule has 7 heterocycles. The molecule has 5 aliphatic heterocycles. The van der Waals surface area contributed by atoms with Crippen LogP contribution in [0.25, 0.3) is 49.7 Å². The van der Waals surface area contributed by atoms with Crippen LogP contribution < -0.4 is 14.5 Å². The van der Waals surface area contributed by atoms with Crippen molar-refractivity contribution in [1.29, 1.82) is 0 Å². The monoisotopic (exact) mass is 1280 g/mol. The molecular weight excluding hydrogens is 1180 g/mol. The Morgan fingerprint density at radius 3 is 1.66 bits per heavy atom. The molecule has 0 radical (unpaired) electrons. The van der Waals surface area contributed by atoms with Crippen molar-refractivity contribution in [3.05, 3.63) is 293 Å². The molecule has 7 nitrogen and oxygen atoms in total. The number of hydrogen-bond acceptors (Lipinski definition) is 6. The molecule has 0 saturated carbocycles. The minimum atomic E-state index is -3.00. The number of rotatable bonds is 11. The third kappa shape index (κ3) is 12.2. The van der Waals surface area contributed by atoms with Crippen molar-refractivity contribution in [2.75, 3.05) is 16.5 Å². The number of fused-ring (bicyclic) bond motifs is 6. The normalized spacial score (nSPS) is 16.8. The van der Waals surface area contributed by atoms with Crippen LogP contribution in [-0.4, -0.2) is 39.5 Å². The van der Waals surface area contributed by atoms with Crippen LogP contribution in [0.4, 0.5) is 17.1 Å². The Balaban J connectivity index is 0.964. The van der Waals surface area contributed by atoms with Crippen LogP contribution in [-0.2, 0) is 39.0 Å². The van der Waals surface area contributed by atoms with Crippen molar-refractivity contribution >= 4 is 63.5 Å². The van der Waals surface area contributed by atoms with Crippen molar-refractivity contribution in [2.24, 2.45) is 0 Å². The first-order chi connectivity index (χ1) is 48.5. The Bertz CT molecular complexity index is 5000. The molecule has 488 valence electrons. The first-order valence-electron chi connectivity index (χ1n) is 37.4. The number of anilines is 3. The molecule has 0 N–H and O–H groups in total. The van der Waals surface area contributed by atoms with Gasteiger partial charge in [0.2, 0.25) is 0 Å². The number of para-hydroxylation sites is 2. The summed E-state index contributed by atoms with van der Waals surface area (Å²) in [6.45, 7) is 29.6. The highest BCUT2D eigenvalue weighted by Gasteiger charge is 2.38. The number of pyridine rings is 1. The molecule has 0 amide bonds. The van der Waals surface area contributed by atoms with Gasteiger partial charge in [-0.3, -0.25) is 4.57 Å². The van der Waals surface area contributed by atoms with Gasteiger partial charge in [0.1, 0.15) is 17.3 Å². The van der Waals surface area contributed by atoms with Gasteiger partial charge >= 0.3 is 13.7 Å². The number of hydrogen-bond donors (Lipinski definition) is 0. The molecule has 0 atom stereocenters. The molecule has 0 unspecified atom stereocenters. The minimum Gasteiger partial charge on any atom is -0.457 e. The maximum Gasteiger partial charge on any atom is 0.320 e. The van der Waals surface area contributed by atoms with Crippen LogP contribution >= 0.6 is 0 Å². The molecule has 2 aromatic heterocycles. The number of aromatic nitrogens is 2. The SMILES string of the molecule is [2H]C([2H])([2H])C(c1ccccc1)(c1ccnc(-n2c3ccc(C(C)(C)C)cc3c3ccc(Oc4cc(-c5c(C(C)(C)C)cc(C(C)(C)C)cc5C(C)(C)C)cc(N5CN(Cc6c(C7=CC=CN8C=CC=CB78)cc(C(C)(C)C)cc6C6=CC=CN7C=CC=CB67)c6ccccc65)c4)cc32)c1)C([2H])([2H])[2H]. The second-order valence-corrected chi connectivity index (χ2v) is 32.2. The van der Waals surface area contributed by atoms with E-state index in [2.05, 4.69) is 300 Å². The lowest BCUT2D eigenvalue weighted by molar-refractivity contribution is 0.483. The fraction of sp³-hybridized carbons (Fsp3) is 0.284. The number of nitrogens with zero attached hydrogens (tertiary/aromatic N) is 6. The van der Waals surface area contributed by atoms with Crippen molar-refractivity contribution in [2.45, 2.75) is 157 Å². The molecular formula is C88H94B2N6O. The fourth-order valence-electron chi connectivity index (χ4n) is 14.7. The van der Waals surface area contributed by atoms with Crippen molar-refractivity contribution in [1.82, 2.24) is 19.2 Å². The standard InChI is InChI=1S/C88H94B2N6O/c1-83(2,3)61-35-38-77-71(49-61)68-37-36-66(56-80(68)96(77)81-54-62(39-42-91-81)88(16,17)60-29-19-18-20-30-60)97-67-48-59(82-73(86(10,11)12)52-64(85(7,8)9)53-74(82)87(13,14)15)47-65(55-67)95-58-92(78-33-21-22-34-79(78)95)57-72-69(75-31-27-45-93-43-25-23-40-89(75)93)50-63(84(4,5)6)51-70(72)76-32-28-46-94-44-26-24-41-90(76)94/h18-56H,57-58H2,1-17H3/i16D3,17D3. The van der Waals surface area contributed by atoms with E-state index in [1.165, 1.54) is 61.6 Å². The molecule has 0 fully saturated rings. The molecule has 7 aromatic carbocycles. The van der Waals surface area contributed by atoms with Gasteiger partial charge in [0.15, 0.2) is 0 Å². The van der Waals surface area contributed by atoms with Gasteiger partial charge in [-0.15, -0.1) is 0 Å². The van der Waals surface area contributed by atoms with E-state index in [0.29, 0.717) is 30.5 Å². The zero-order valence-electron chi connectivity index (χ0n) is 65.2. The van der Waals surface area contributed by atoms with Crippen LogP contribution in [0.1, 0.15) is 181 Å². The highest BCUT2D eigenvalue weighted by Crippen LogP contribution is 2.50. The number of allylic oxidation sites excluding steroid dienone is 8. The molecule has 5 aliphatic rings. The van der Waals surface area contributed by atoms with Crippen molar-refractivity contribution in [3.63, 3.8) is 0 Å². The lowest BCUT2D eigenvalue weighted by Gasteiger charge is -2.35. The quantitative estimate of drug-likeness (QED) is 0.120. The maximum absolute atomic E-state index is 9.11. The van der Waals surface area contributed by atoms with Gasteiger partial charge in [-0.05, 0) is 215 Å². The lowest BCUT2D eigenvalue weighted by atomic mass is 9.48. The summed E-state index contributed by atoms with van der Waals surface area (Å²) in [6.07, 6.45) is 27.8. The molecule has 97 heavy (non-hydrogen) atoms. The summed E-state index contributed by atoms with van der Waals surface area (Å²) in [5.41, 5.74) is 16.2. The van der Waals surface area contributed by atoms with Crippen LogP contribution in [0, 0.1) is 0 Å². The topological polar surface area (TPSA) is 40.0 Å². The summed E-state index contributed by atoms with van der Waals surface area (Å²) < 4.78 is 64.2. The summed E-state index contributed by atoms with van der Waals surface area (Å²) in [7, 11) is 0. The summed E-state index contributed by atoms with van der Waals surface area (Å²) in [4.78, 5) is 14.6. The Morgan fingerprint density at radius 2 is 1.06 bits per heavy atom. The van der Waals surface area contributed by atoms with Gasteiger partial charge in [-0.1, -0.05) is 227 Å². The molecule has 0 saturated heterocycles. The van der Waals surface area contributed by atoms with E-state index in [1.54, 1.807) is 42.5 Å². The molecule has 0 bridgehead atoms. The smallest absolute Gasteiger partial charge is 0.320 e. The summed E-state index contributed by atoms with van der Waals surface area (Å²) >= 11 is 0. The lowest BCUT2D eigenvalue weighted by Crippen LogP contribution is -2.37. The number of ether oxygens (including phenoxy) is 1. The van der Waals surface area contributed by atoms with E-state index >= 15 is 0 Å². The van der Waals surface area contributed by atoms with Gasteiger partial charge in [0.25, 0.3) is 0 Å². The second-order valence-electron chi connectivity index (χ2n) is 32.2. The van der Waals surface area contributed by atoms with Crippen LogP contribution in [0.2, 0.25) is 0 Å². The van der Waals surface area contributed by atoms with E-state index in [9.17, 15) is 0 Å². The largest absolute Gasteiger partial charge is 0.457 e.